The van der Waals surface area contributed by atoms with E-state index in [0.29, 0.717) is 12.2 Å². The quantitative estimate of drug-likeness (QED) is 0.786. The van der Waals surface area contributed by atoms with Crippen molar-refractivity contribution in [2.75, 3.05) is 29.9 Å². The summed E-state index contributed by atoms with van der Waals surface area (Å²) in [5, 5.41) is 15.1. The number of nitrogens with one attached hydrogen (secondary N) is 3. The Morgan fingerprint density at radius 2 is 2.29 bits per heavy atom. The molecule has 0 atom stereocenters. The summed E-state index contributed by atoms with van der Waals surface area (Å²) in [7, 11) is 0. The molecular weight excluding hydrogens is 288 g/mol. The van der Waals surface area contributed by atoms with Crippen LogP contribution in [0.15, 0.2) is 17.8 Å². The zero-order valence-electron chi connectivity index (χ0n) is 11.6. The lowest BCUT2D eigenvalue weighted by Crippen LogP contribution is -2.30. The maximum atomic E-state index is 11.6. The van der Waals surface area contributed by atoms with Crippen LogP contribution in [-0.4, -0.2) is 40.8 Å². The largest absolute Gasteiger partial charge is 0.348 e. The fraction of sp³-hybridized carbons (Fsp3) is 0.462. The van der Waals surface area contributed by atoms with Crippen LogP contribution in [-0.2, 0) is 6.42 Å². The van der Waals surface area contributed by atoms with Gasteiger partial charge in [-0.15, -0.1) is 11.3 Å². The van der Waals surface area contributed by atoms with Gasteiger partial charge in [0.05, 0.1) is 17.6 Å². The number of urea groups is 1. The third kappa shape index (κ3) is 3.72. The lowest BCUT2D eigenvalue weighted by molar-refractivity contribution is 0.252. The minimum absolute atomic E-state index is 0.230. The van der Waals surface area contributed by atoms with Crippen molar-refractivity contribution in [1.29, 1.82) is 0 Å². The number of H-pyrrole nitrogens is 1. The van der Waals surface area contributed by atoms with E-state index in [-0.39, 0.29) is 6.03 Å². The van der Waals surface area contributed by atoms with Gasteiger partial charge in [0.15, 0.2) is 5.13 Å². The Bertz CT molecular complexity index is 575. The van der Waals surface area contributed by atoms with Crippen molar-refractivity contribution in [3.63, 3.8) is 0 Å². The minimum atomic E-state index is -0.230. The van der Waals surface area contributed by atoms with Crippen LogP contribution >= 0.6 is 11.3 Å². The number of rotatable bonds is 5. The Labute approximate surface area is 126 Å². The summed E-state index contributed by atoms with van der Waals surface area (Å²) in [5.41, 5.74) is 1.68. The van der Waals surface area contributed by atoms with Crippen molar-refractivity contribution in [3.8, 4) is 0 Å². The first-order chi connectivity index (χ1) is 10.3. The van der Waals surface area contributed by atoms with Crippen LogP contribution in [0.5, 0.6) is 0 Å². The molecule has 2 amide bonds. The van der Waals surface area contributed by atoms with Crippen LogP contribution in [0, 0.1) is 0 Å². The Hall–Kier alpha value is -2.09. The third-order valence-electron chi connectivity index (χ3n) is 3.34. The van der Waals surface area contributed by atoms with Gasteiger partial charge in [-0.1, -0.05) is 0 Å². The van der Waals surface area contributed by atoms with E-state index in [1.807, 2.05) is 0 Å². The second-order valence-corrected chi connectivity index (χ2v) is 5.77. The standard InChI is InChI=1S/C13H18N6OS/c20-12(17-11-7-15-16-8-11)14-4-3-10-9-21-13(18-10)19-5-1-2-6-19/h7-9H,1-6H2,(H,15,16)(H2,14,17,20). The van der Waals surface area contributed by atoms with E-state index in [1.54, 1.807) is 23.7 Å². The van der Waals surface area contributed by atoms with Crippen molar-refractivity contribution in [1.82, 2.24) is 20.5 Å². The Morgan fingerprint density at radius 1 is 1.43 bits per heavy atom. The van der Waals surface area contributed by atoms with E-state index in [9.17, 15) is 4.79 Å². The topological polar surface area (TPSA) is 85.9 Å². The van der Waals surface area contributed by atoms with E-state index in [2.05, 4.69) is 36.1 Å². The third-order valence-corrected chi connectivity index (χ3v) is 4.29. The molecule has 3 N–H and O–H groups in total. The highest BCUT2D eigenvalue weighted by Crippen LogP contribution is 2.24. The number of carbonyl (C=O) groups is 1. The molecule has 112 valence electrons. The first kappa shape index (κ1) is 13.9. The fourth-order valence-electron chi connectivity index (χ4n) is 2.26. The van der Waals surface area contributed by atoms with Crippen LogP contribution < -0.4 is 15.5 Å². The molecular formula is C13H18N6OS. The summed E-state index contributed by atoms with van der Waals surface area (Å²) in [4.78, 5) is 18.6. The number of carbonyl (C=O) groups excluding carboxylic acids is 1. The monoisotopic (exact) mass is 306 g/mol. The summed E-state index contributed by atoms with van der Waals surface area (Å²) < 4.78 is 0. The lowest BCUT2D eigenvalue weighted by atomic mass is 10.3. The molecule has 1 aliphatic heterocycles. The molecule has 1 aliphatic rings. The minimum Gasteiger partial charge on any atom is -0.348 e. The summed E-state index contributed by atoms with van der Waals surface area (Å²) in [6.07, 6.45) is 6.43. The number of thiazole rings is 1. The fourth-order valence-corrected chi connectivity index (χ4v) is 3.18. The van der Waals surface area contributed by atoms with E-state index in [0.717, 1.165) is 30.3 Å². The van der Waals surface area contributed by atoms with Crippen molar-refractivity contribution in [3.05, 3.63) is 23.5 Å². The molecule has 0 aromatic carbocycles. The number of hydrogen-bond acceptors (Lipinski definition) is 5. The molecule has 3 heterocycles. The van der Waals surface area contributed by atoms with E-state index in [1.165, 1.54) is 12.8 Å². The molecule has 21 heavy (non-hydrogen) atoms. The molecule has 1 fully saturated rings. The summed E-state index contributed by atoms with van der Waals surface area (Å²) in [6.45, 7) is 2.78. The molecule has 2 aromatic rings. The van der Waals surface area contributed by atoms with E-state index in [4.69, 9.17) is 0 Å². The molecule has 0 spiro atoms. The zero-order chi connectivity index (χ0) is 14.5. The molecule has 2 aromatic heterocycles. The van der Waals surface area contributed by atoms with Gasteiger partial charge in [0.25, 0.3) is 0 Å². The highest BCUT2D eigenvalue weighted by atomic mass is 32.1. The Balaban J connectivity index is 1.41. The summed E-state index contributed by atoms with van der Waals surface area (Å²) in [6, 6.07) is -0.230. The Morgan fingerprint density at radius 3 is 3.05 bits per heavy atom. The molecule has 1 saturated heterocycles. The van der Waals surface area contributed by atoms with Gasteiger partial charge < -0.3 is 15.5 Å². The molecule has 8 heteroatoms. The number of anilines is 2. The molecule has 3 rings (SSSR count). The van der Waals surface area contributed by atoms with Gasteiger partial charge in [0.2, 0.25) is 0 Å². The van der Waals surface area contributed by atoms with Gasteiger partial charge in [0.1, 0.15) is 0 Å². The van der Waals surface area contributed by atoms with Gasteiger partial charge in [-0.05, 0) is 12.8 Å². The maximum Gasteiger partial charge on any atom is 0.319 e. The predicted molar refractivity (Wildman–Crippen MR) is 82.9 cm³/mol. The average molecular weight is 306 g/mol. The number of aromatic nitrogens is 3. The van der Waals surface area contributed by atoms with Crippen LogP contribution in [0.1, 0.15) is 18.5 Å². The number of amides is 2. The Kier molecular flexibility index (Phi) is 4.34. The molecule has 0 radical (unpaired) electrons. The average Bonchev–Trinajstić information content (AvgIpc) is 3.21. The van der Waals surface area contributed by atoms with Gasteiger partial charge in [-0.25, -0.2) is 9.78 Å². The van der Waals surface area contributed by atoms with Crippen LogP contribution in [0.4, 0.5) is 15.6 Å². The van der Waals surface area contributed by atoms with Gasteiger partial charge in [-0.2, -0.15) is 5.10 Å². The van der Waals surface area contributed by atoms with Crippen LogP contribution in [0.2, 0.25) is 0 Å². The van der Waals surface area contributed by atoms with Crippen molar-refractivity contribution >= 4 is 28.2 Å². The van der Waals surface area contributed by atoms with Crippen molar-refractivity contribution < 1.29 is 4.79 Å². The molecule has 7 nitrogen and oxygen atoms in total. The van der Waals surface area contributed by atoms with Gasteiger partial charge in [-0.3, -0.25) is 5.10 Å². The first-order valence-corrected chi connectivity index (χ1v) is 7.92. The van der Waals surface area contributed by atoms with Crippen molar-refractivity contribution in [2.24, 2.45) is 0 Å². The highest BCUT2D eigenvalue weighted by molar-refractivity contribution is 7.13. The second-order valence-electron chi connectivity index (χ2n) is 4.93. The second kappa shape index (κ2) is 6.57. The smallest absolute Gasteiger partial charge is 0.319 e. The SMILES string of the molecule is O=C(NCCc1csc(N2CCCC2)n1)Nc1cn[nH]c1. The number of aromatic amines is 1. The lowest BCUT2D eigenvalue weighted by Gasteiger charge is -2.12. The predicted octanol–water partition coefficient (Wildman–Crippen LogP) is 1.83. The molecule has 0 unspecified atom stereocenters. The first-order valence-electron chi connectivity index (χ1n) is 7.04. The molecule has 0 aliphatic carbocycles. The van der Waals surface area contributed by atoms with E-state index >= 15 is 0 Å². The van der Waals surface area contributed by atoms with Crippen LogP contribution in [0.25, 0.3) is 0 Å². The number of hydrogen-bond donors (Lipinski definition) is 3. The van der Waals surface area contributed by atoms with Crippen LogP contribution in [0.3, 0.4) is 0 Å². The molecule has 0 bridgehead atoms. The van der Waals surface area contributed by atoms with Gasteiger partial charge >= 0.3 is 6.03 Å². The van der Waals surface area contributed by atoms with E-state index < -0.39 is 0 Å². The zero-order valence-corrected chi connectivity index (χ0v) is 12.4. The highest BCUT2D eigenvalue weighted by Gasteiger charge is 2.15. The maximum absolute atomic E-state index is 11.6. The molecule has 0 saturated carbocycles. The number of nitrogens with zero attached hydrogens (tertiary/aromatic N) is 3. The summed E-state index contributed by atoms with van der Waals surface area (Å²) >= 11 is 1.68. The normalized spacial score (nSPS) is 14.4. The van der Waals surface area contributed by atoms with Gasteiger partial charge in [0, 0.05) is 37.6 Å². The summed E-state index contributed by atoms with van der Waals surface area (Å²) in [5.74, 6) is 0. The van der Waals surface area contributed by atoms with Crippen molar-refractivity contribution in [2.45, 2.75) is 19.3 Å².